The van der Waals surface area contributed by atoms with Crippen molar-refractivity contribution in [3.8, 4) is 5.75 Å². The second-order valence-electron chi connectivity index (χ2n) is 7.48. The van der Waals surface area contributed by atoms with Gasteiger partial charge in [0.2, 0.25) is 0 Å². The first kappa shape index (κ1) is 20.0. The molecule has 0 spiro atoms. The van der Waals surface area contributed by atoms with Gasteiger partial charge in [-0.15, -0.1) is 0 Å². The van der Waals surface area contributed by atoms with Crippen molar-refractivity contribution < 1.29 is 13.5 Å². The van der Waals surface area contributed by atoms with Gasteiger partial charge in [-0.05, 0) is 53.2 Å². The molecule has 0 N–H and O–H groups in total. The third-order valence-corrected chi connectivity index (χ3v) is 5.11. The maximum atomic E-state index is 13.7. The molecule has 2 nitrogen and oxygen atoms in total. The Labute approximate surface area is 175 Å². The topological polar surface area (TPSA) is 12.5 Å². The summed E-state index contributed by atoms with van der Waals surface area (Å²) >= 11 is 0. The summed E-state index contributed by atoms with van der Waals surface area (Å²) in [6, 6.07) is 26.1. The first-order valence-electron chi connectivity index (χ1n) is 9.89. The van der Waals surface area contributed by atoms with Crippen LogP contribution in [0.4, 0.5) is 8.78 Å². The van der Waals surface area contributed by atoms with Crippen molar-refractivity contribution in [1.29, 1.82) is 0 Å². The van der Waals surface area contributed by atoms with Crippen molar-refractivity contribution in [3.63, 3.8) is 0 Å². The Hall–Kier alpha value is -3.24. The van der Waals surface area contributed by atoms with Crippen molar-refractivity contribution in [2.24, 2.45) is 0 Å². The molecule has 0 saturated carbocycles. The molecule has 0 aliphatic rings. The van der Waals surface area contributed by atoms with Gasteiger partial charge in [0, 0.05) is 24.7 Å². The lowest BCUT2D eigenvalue weighted by molar-refractivity contribution is 0.298. The molecule has 152 valence electrons. The molecule has 4 rings (SSSR count). The van der Waals surface area contributed by atoms with Gasteiger partial charge in [0.25, 0.3) is 0 Å². The predicted molar refractivity (Wildman–Crippen MR) is 116 cm³/mol. The van der Waals surface area contributed by atoms with Crippen LogP contribution >= 0.6 is 0 Å². The molecular formula is C26H23F2NO. The summed E-state index contributed by atoms with van der Waals surface area (Å²) in [6.45, 7) is 1.71. The van der Waals surface area contributed by atoms with Crippen molar-refractivity contribution in [2.75, 3.05) is 7.05 Å². The second-order valence-corrected chi connectivity index (χ2v) is 7.48. The zero-order valence-corrected chi connectivity index (χ0v) is 16.8. The minimum atomic E-state index is -0.596. The average molecular weight is 403 g/mol. The van der Waals surface area contributed by atoms with Crippen LogP contribution in [0.25, 0.3) is 10.8 Å². The number of benzene rings is 4. The van der Waals surface area contributed by atoms with E-state index in [-0.39, 0.29) is 6.61 Å². The van der Waals surface area contributed by atoms with Crippen LogP contribution in [0, 0.1) is 11.6 Å². The van der Waals surface area contributed by atoms with Gasteiger partial charge in [0.15, 0.2) is 0 Å². The number of rotatable bonds is 7. The Morgan fingerprint density at radius 3 is 2.33 bits per heavy atom. The molecule has 0 aliphatic carbocycles. The van der Waals surface area contributed by atoms with E-state index in [1.54, 1.807) is 0 Å². The standard InChI is InChI=1S/C26H23F2NO/c1-29(17-21-7-4-6-20-5-2-3-8-25(20)21)16-19-9-13-24(14-10-19)30-18-22-11-12-23(27)15-26(22)28/h2-15H,16-18H2,1H3. The molecule has 0 heterocycles. The summed E-state index contributed by atoms with van der Waals surface area (Å²) in [7, 11) is 2.10. The second kappa shape index (κ2) is 9.06. The van der Waals surface area contributed by atoms with E-state index in [9.17, 15) is 8.78 Å². The van der Waals surface area contributed by atoms with Crippen LogP contribution in [0.3, 0.4) is 0 Å². The summed E-state index contributed by atoms with van der Waals surface area (Å²) in [5.41, 5.74) is 2.80. The number of hydrogen-bond acceptors (Lipinski definition) is 2. The maximum Gasteiger partial charge on any atom is 0.132 e. The van der Waals surface area contributed by atoms with Crippen LogP contribution in [0.5, 0.6) is 5.75 Å². The Morgan fingerprint density at radius 2 is 1.53 bits per heavy atom. The molecule has 0 fully saturated rings. The summed E-state index contributed by atoms with van der Waals surface area (Å²) < 4.78 is 32.3. The van der Waals surface area contributed by atoms with E-state index in [0.717, 1.165) is 24.7 Å². The number of fused-ring (bicyclic) bond motifs is 1. The normalized spacial score (nSPS) is 11.2. The van der Waals surface area contributed by atoms with Crippen molar-refractivity contribution in [1.82, 2.24) is 4.90 Å². The molecule has 0 aromatic heterocycles. The molecule has 4 aromatic rings. The monoisotopic (exact) mass is 403 g/mol. The molecule has 0 aliphatic heterocycles. The molecule has 0 radical (unpaired) electrons. The predicted octanol–water partition coefficient (Wildman–Crippen LogP) is 6.33. The van der Waals surface area contributed by atoms with E-state index < -0.39 is 11.6 Å². The summed E-state index contributed by atoms with van der Waals surface area (Å²) in [6.07, 6.45) is 0. The summed E-state index contributed by atoms with van der Waals surface area (Å²) in [5.74, 6) is -0.533. The lowest BCUT2D eigenvalue weighted by Crippen LogP contribution is -2.17. The highest BCUT2D eigenvalue weighted by Crippen LogP contribution is 2.21. The van der Waals surface area contributed by atoms with E-state index in [1.165, 1.54) is 28.5 Å². The Morgan fingerprint density at radius 1 is 0.767 bits per heavy atom. The highest BCUT2D eigenvalue weighted by Gasteiger charge is 2.07. The van der Waals surface area contributed by atoms with Gasteiger partial charge < -0.3 is 4.74 Å². The van der Waals surface area contributed by atoms with Gasteiger partial charge in [-0.2, -0.15) is 0 Å². The van der Waals surface area contributed by atoms with E-state index in [2.05, 4.69) is 54.4 Å². The van der Waals surface area contributed by atoms with Crippen molar-refractivity contribution >= 4 is 10.8 Å². The van der Waals surface area contributed by atoms with Gasteiger partial charge in [0.1, 0.15) is 24.0 Å². The highest BCUT2D eigenvalue weighted by atomic mass is 19.1. The SMILES string of the molecule is CN(Cc1ccc(OCc2ccc(F)cc2F)cc1)Cc1cccc2ccccc12. The lowest BCUT2D eigenvalue weighted by atomic mass is 10.0. The smallest absolute Gasteiger partial charge is 0.132 e. The first-order valence-corrected chi connectivity index (χ1v) is 9.89. The molecule has 0 bridgehead atoms. The molecular weight excluding hydrogens is 380 g/mol. The number of ether oxygens (including phenoxy) is 1. The summed E-state index contributed by atoms with van der Waals surface area (Å²) in [4.78, 5) is 2.27. The van der Waals surface area contributed by atoms with Gasteiger partial charge in [-0.1, -0.05) is 54.6 Å². The minimum absolute atomic E-state index is 0.0619. The minimum Gasteiger partial charge on any atom is -0.489 e. The Balaban J connectivity index is 1.36. The van der Waals surface area contributed by atoms with E-state index in [0.29, 0.717) is 11.3 Å². The van der Waals surface area contributed by atoms with Gasteiger partial charge in [-0.25, -0.2) is 8.78 Å². The first-order chi connectivity index (χ1) is 14.6. The fourth-order valence-corrected chi connectivity index (χ4v) is 3.58. The summed E-state index contributed by atoms with van der Waals surface area (Å²) in [5, 5.41) is 2.53. The molecule has 4 aromatic carbocycles. The van der Waals surface area contributed by atoms with Crippen LogP contribution in [-0.2, 0) is 19.7 Å². The van der Waals surface area contributed by atoms with Gasteiger partial charge in [0.05, 0.1) is 0 Å². The van der Waals surface area contributed by atoms with Crippen LogP contribution in [0.15, 0.2) is 84.9 Å². The van der Waals surface area contributed by atoms with Crippen LogP contribution in [-0.4, -0.2) is 11.9 Å². The average Bonchev–Trinajstić information content (AvgIpc) is 2.74. The number of hydrogen-bond donors (Lipinski definition) is 0. The highest BCUT2D eigenvalue weighted by molar-refractivity contribution is 5.85. The molecule has 0 amide bonds. The zero-order chi connectivity index (χ0) is 20.9. The van der Waals surface area contributed by atoms with Crippen LogP contribution in [0.2, 0.25) is 0 Å². The molecule has 4 heteroatoms. The van der Waals surface area contributed by atoms with Gasteiger partial charge >= 0.3 is 0 Å². The van der Waals surface area contributed by atoms with Crippen LogP contribution < -0.4 is 4.74 Å². The van der Waals surface area contributed by atoms with Crippen LogP contribution in [0.1, 0.15) is 16.7 Å². The third-order valence-electron chi connectivity index (χ3n) is 5.11. The number of nitrogens with zero attached hydrogens (tertiary/aromatic N) is 1. The fourth-order valence-electron chi connectivity index (χ4n) is 3.58. The Kier molecular flexibility index (Phi) is 6.05. The van der Waals surface area contributed by atoms with Crippen molar-refractivity contribution in [2.45, 2.75) is 19.7 Å². The molecule has 0 saturated heterocycles. The molecule has 0 atom stereocenters. The van der Waals surface area contributed by atoms with Gasteiger partial charge in [-0.3, -0.25) is 4.90 Å². The van der Waals surface area contributed by atoms with E-state index >= 15 is 0 Å². The largest absolute Gasteiger partial charge is 0.489 e. The third kappa shape index (κ3) is 4.84. The van der Waals surface area contributed by atoms with E-state index in [1.807, 2.05) is 24.3 Å². The fraction of sp³-hybridized carbons (Fsp3) is 0.154. The maximum absolute atomic E-state index is 13.7. The zero-order valence-electron chi connectivity index (χ0n) is 16.8. The van der Waals surface area contributed by atoms with Crippen molar-refractivity contribution in [3.05, 3.63) is 113 Å². The Bertz CT molecular complexity index is 1140. The van der Waals surface area contributed by atoms with E-state index in [4.69, 9.17) is 4.74 Å². The molecule has 0 unspecified atom stereocenters. The molecule has 30 heavy (non-hydrogen) atoms. The quantitative estimate of drug-likeness (QED) is 0.358. The lowest BCUT2D eigenvalue weighted by Gasteiger charge is -2.18. The number of halogens is 2.